The summed E-state index contributed by atoms with van der Waals surface area (Å²) in [5, 5.41) is 3.18. The topological polar surface area (TPSA) is 24.9 Å². The molecule has 0 unspecified atom stereocenters. The average Bonchev–Trinajstić information content (AvgIpc) is 2.60. The molecule has 1 aliphatic rings. The molecule has 26 heavy (non-hydrogen) atoms. The van der Waals surface area contributed by atoms with E-state index in [2.05, 4.69) is 22.9 Å². The molecular weight excluding hydrogens is 363 g/mol. The monoisotopic (exact) mass is 382 g/mol. The number of rotatable bonds is 2. The Bertz CT molecular complexity index is 701. The molecule has 0 atom stereocenters. The molecule has 0 bridgehead atoms. The number of nitrogens with zero attached hydrogens (tertiary/aromatic N) is 1. The zero-order valence-electron chi connectivity index (χ0n) is 14.1. The highest BCUT2D eigenvalue weighted by molar-refractivity contribution is 7.80. The highest BCUT2D eigenvalue weighted by atomic mass is 32.1. The van der Waals surface area contributed by atoms with E-state index in [1.165, 1.54) is 37.5 Å². The summed E-state index contributed by atoms with van der Waals surface area (Å²) >= 11 is 3.91. The first-order chi connectivity index (χ1) is 12.3. The Kier molecular flexibility index (Phi) is 7.38. The maximum absolute atomic E-state index is 12.4. The average molecular weight is 382 g/mol. The van der Waals surface area contributed by atoms with Gasteiger partial charge in [0, 0.05) is 17.1 Å². The number of halogens is 4. The number of pyridine rings is 1. The van der Waals surface area contributed by atoms with Gasteiger partial charge < -0.3 is 5.32 Å². The van der Waals surface area contributed by atoms with Crippen LogP contribution in [0.5, 0.6) is 0 Å². The van der Waals surface area contributed by atoms with Crippen molar-refractivity contribution in [2.75, 3.05) is 5.32 Å². The standard InChI is InChI=1S/C12H15F3N2.C6H4BFS/c13-12(14,15)9-6-7-11(16-8-9)17-10-4-2-1-3-5-10;7-5-2-1-4(9)3-6(5)8/h6-8,10H,1-5H2,(H,16,17);1-3,9H. The van der Waals surface area contributed by atoms with Crippen molar-refractivity contribution in [1.29, 1.82) is 0 Å². The van der Waals surface area contributed by atoms with Crippen LogP contribution < -0.4 is 10.8 Å². The van der Waals surface area contributed by atoms with Crippen molar-refractivity contribution in [3.63, 3.8) is 0 Å². The minimum Gasteiger partial charge on any atom is -0.367 e. The molecule has 138 valence electrons. The van der Waals surface area contributed by atoms with E-state index in [0.717, 1.165) is 25.1 Å². The van der Waals surface area contributed by atoms with Gasteiger partial charge in [0.2, 0.25) is 0 Å². The zero-order chi connectivity index (χ0) is 19.2. The lowest BCUT2D eigenvalue weighted by Gasteiger charge is -2.23. The molecule has 1 saturated carbocycles. The Hall–Kier alpha value is -1.70. The zero-order valence-corrected chi connectivity index (χ0v) is 15.0. The third-order valence-corrected chi connectivity index (χ3v) is 4.31. The fourth-order valence-electron chi connectivity index (χ4n) is 2.62. The summed E-state index contributed by atoms with van der Waals surface area (Å²) in [6.45, 7) is 0. The van der Waals surface area contributed by atoms with Gasteiger partial charge in [-0.15, -0.1) is 12.6 Å². The van der Waals surface area contributed by atoms with Crippen LogP contribution in [0.25, 0.3) is 0 Å². The van der Waals surface area contributed by atoms with E-state index in [-0.39, 0.29) is 5.46 Å². The van der Waals surface area contributed by atoms with E-state index in [9.17, 15) is 17.6 Å². The third-order valence-electron chi connectivity index (χ3n) is 4.03. The van der Waals surface area contributed by atoms with Gasteiger partial charge in [0.1, 0.15) is 19.5 Å². The van der Waals surface area contributed by atoms with Crippen molar-refractivity contribution in [3.05, 3.63) is 47.9 Å². The third kappa shape index (κ3) is 6.55. The van der Waals surface area contributed by atoms with Crippen molar-refractivity contribution < 1.29 is 17.6 Å². The van der Waals surface area contributed by atoms with Crippen molar-refractivity contribution in [2.45, 2.75) is 49.2 Å². The molecule has 1 aromatic heterocycles. The van der Waals surface area contributed by atoms with Crippen LogP contribution in [0.3, 0.4) is 0 Å². The summed E-state index contributed by atoms with van der Waals surface area (Å²) in [5.41, 5.74) is -0.542. The van der Waals surface area contributed by atoms with Gasteiger partial charge in [0.05, 0.1) is 5.56 Å². The fourth-order valence-corrected chi connectivity index (χ4v) is 2.81. The molecule has 2 nitrogen and oxygen atoms in total. The second kappa shape index (κ2) is 9.30. The van der Waals surface area contributed by atoms with Gasteiger partial charge in [-0.2, -0.15) is 13.2 Å². The molecular formula is C18H19BF4N2S. The number of hydrogen-bond donors (Lipinski definition) is 2. The molecule has 2 radical (unpaired) electrons. The van der Waals surface area contributed by atoms with E-state index in [0.29, 0.717) is 16.8 Å². The number of benzene rings is 1. The SMILES string of the molecule is FC(F)(F)c1ccc(NC2CCCCC2)nc1.[B]c1ccc(S)cc1F. The minimum atomic E-state index is -4.31. The molecule has 1 aromatic carbocycles. The lowest BCUT2D eigenvalue weighted by atomic mass is 9.95. The molecule has 2 aromatic rings. The Morgan fingerprint density at radius 2 is 1.77 bits per heavy atom. The van der Waals surface area contributed by atoms with Crippen LogP contribution in [0.4, 0.5) is 23.4 Å². The quantitative estimate of drug-likeness (QED) is 0.445. The molecule has 0 aliphatic heterocycles. The number of anilines is 1. The van der Waals surface area contributed by atoms with Crippen LogP contribution >= 0.6 is 12.6 Å². The number of alkyl halides is 3. The highest BCUT2D eigenvalue weighted by Crippen LogP contribution is 2.29. The molecule has 1 heterocycles. The van der Waals surface area contributed by atoms with Crippen LogP contribution in [-0.2, 0) is 6.18 Å². The lowest BCUT2D eigenvalue weighted by molar-refractivity contribution is -0.137. The molecule has 3 rings (SSSR count). The normalized spacial score (nSPS) is 15.1. The number of thiol groups is 1. The summed E-state index contributed by atoms with van der Waals surface area (Å²) in [6.07, 6.45) is 2.32. The van der Waals surface area contributed by atoms with Crippen molar-refractivity contribution in [3.8, 4) is 0 Å². The van der Waals surface area contributed by atoms with E-state index in [1.807, 2.05) is 0 Å². The first-order valence-electron chi connectivity index (χ1n) is 8.29. The van der Waals surface area contributed by atoms with E-state index in [4.69, 9.17) is 7.85 Å². The van der Waals surface area contributed by atoms with E-state index >= 15 is 0 Å². The van der Waals surface area contributed by atoms with Gasteiger partial charge in [-0.1, -0.05) is 30.8 Å². The van der Waals surface area contributed by atoms with Crippen LogP contribution in [0.1, 0.15) is 37.7 Å². The molecule has 1 aliphatic carbocycles. The Labute approximate surface area is 157 Å². The molecule has 1 fully saturated rings. The fraction of sp³-hybridized carbons (Fsp3) is 0.389. The van der Waals surface area contributed by atoms with Gasteiger partial charge in [0.25, 0.3) is 0 Å². The Morgan fingerprint density at radius 1 is 1.08 bits per heavy atom. The number of nitrogens with one attached hydrogen (secondary N) is 1. The van der Waals surface area contributed by atoms with E-state index in [1.54, 1.807) is 6.07 Å². The maximum Gasteiger partial charge on any atom is 0.417 e. The summed E-state index contributed by atoms with van der Waals surface area (Å²) < 4.78 is 49.4. The molecule has 0 spiro atoms. The highest BCUT2D eigenvalue weighted by Gasteiger charge is 2.30. The first kappa shape index (κ1) is 20.6. The van der Waals surface area contributed by atoms with Crippen LogP contribution in [0, 0.1) is 5.82 Å². The van der Waals surface area contributed by atoms with E-state index < -0.39 is 17.6 Å². The molecule has 0 amide bonds. The molecule has 1 N–H and O–H groups in total. The summed E-state index contributed by atoms with van der Waals surface area (Å²) in [7, 11) is 5.18. The predicted octanol–water partition coefficient (Wildman–Crippen LogP) is 4.75. The van der Waals surface area contributed by atoms with Gasteiger partial charge >= 0.3 is 6.18 Å². The minimum absolute atomic E-state index is 0.160. The van der Waals surface area contributed by atoms with Gasteiger partial charge in [-0.25, -0.2) is 9.37 Å². The second-order valence-corrected chi connectivity index (χ2v) is 6.63. The molecule has 0 saturated heterocycles. The van der Waals surface area contributed by atoms with Crippen LogP contribution in [-0.4, -0.2) is 18.9 Å². The maximum atomic E-state index is 12.4. The summed E-state index contributed by atoms with van der Waals surface area (Å²) in [6, 6.07) is 7.22. The van der Waals surface area contributed by atoms with Crippen LogP contribution in [0.15, 0.2) is 41.4 Å². The van der Waals surface area contributed by atoms with Crippen LogP contribution in [0.2, 0.25) is 0 Å². The predicted molar refractivity (Wildman–Crippen MR) is 98.8 cm³/mol. The van der Waals surface area contributed by atoms with Gasteiger partial charge in [-0.3, -0.25) is 0 Å². The van der Waals surface area contributed by atoms with Crippen molar-refractivity contribution >= 4 is 31.8 Å². The number of aromatic nitrogens is 1. The van der Waals surface area contributed by atoms with Gasteiger partial charge in [0.15, 0.2) is 0 Å². The largest absolute Gasteiger partial charge is 0.417 e. The van der Waals surface area contributed by atoms with Crippen molar-refractivity contribution in [2.24, 2.45) is 0 Å². The Morgan fingerprint density at radius 3 is 2.27 bits per heavy atom. The first-order valence-corrected chi connectivity index (χ1v) is 8.74. The second-order valence-electron chi connectivity index (χ2n) is 6.11. The summed E-state index contributed by atoms with van der Waals surface area (Å²) in [5.74, 6) is 0.118. The summed E-state index contributed by atoms with van der Waals surface area (Å²) in [4.78, 5) is 4.39. The van der Waals surface area contributed by atoms with Crippen molar-refractivity contribution in [1.82, 2.24) is 4.98 Å². The molecule has 8 heteroatoms. The van der Waals surface area contributed by atoms with Gasteiger partial charge in [-0.05, 0) is 37.1 Å². The number of hydrogen-bond acceptors (Lipinski definition) is 3. The Balaban J connectivity index is 0.000000228. The lowest BCUT2D eigenvalue weighted by Crippen LogP contribution is -2.22. The smallest absolute Gasteiger partial charge is 0.367 e.